The third-order valence-corrected chi connectivity index (χ3v) is 6.88. The Balaban J connectivity index is 1.54. The van der Waals surface area contributed by atoms with Gasteiger partial charge < -0.3 is 4.90 Å². The zero-order valence-corrected chi connectivity index (χ0v) is 21.4. The van der Waals surface area contributed by atoms with Crippen molar-refractivity contribution in [1.29, 1.82) is 0 Å². The minimum absolute atomic E-state index is 0.0585. The summed E-state index contributed by atoms with van der Waals surface area (Å²) in [6.07, 6.45) is 8.17. The van der Waals surface area contributed by atoms with Crippen molar-refractivity contribution in [2.45, 2.75) is 26.2 Å². The van der Waals surface area contributed by atoms with Crippen molar-refractivity contribution in [3.8, 4) is 22.5 Å². The van der Waals surface area contributed by atoms with E-state index in [-0.39, 0.29) is 5.41 Å². The maximum atomic E-state index is 4.75. The molecule has 6 rings (SSSR count). The monoisotopic (exact) mass is 479 g/mol. The van der Waals surface area contributed by atoms with Crippen LogP contribution in [0, 0.1) is 0 Å². The molecule has 1 aliphatic heterocycles. The number of rotatable bonds is 3. The third-order valence-electron chi connectivity index (χ3n) is 6.88. The quantitative estimate of drug-likeness (QED) is 0.253. The first-order valence-electron chi connectivity index (χ1n) is 12.7. The zero-order valence-electron chi connectivity index (χ0n) is 21.4. The first kappa shape index (κ1) is 22.9. The summed E-state index contributed by atoms with van der Waals surface area (Å²) in [4.78, 5) is 11.7. The number of hydrogen-bond donors (Lipinski definition) is 0. The van der Waals surface area contributed by atoms with Gasteiger partial charge in [-0.2, -0.15) is 0 Å². The molecule has 0 spiro atoms. The average Bonchev–Trinajstić information content (AvgIpc) is 3.10. The van der Waals surface area contributed by atoms with Crippen LogP contribution in [0.3, 0.4) is 0 Å². The molecule has 0 bridgehead atoms. The smallest absolute Gasteiger partial charge is 0.0705 e. The fraction of sp³-hybridized carbons (Fsp3) is 0.118. The Bertz CT molecular complexity index is 1610. The van der Waals surface area contributed by atoms with Crippen LogP contribution in [-0.4, -0.2) is 9.97 Å². The molecular weight excluding hydrogens is 450 g/mol. The SMILES string of the molecule is CC(C)(C)c1ccnc(-c2ccc3c(c2)N(c2cccc(-c4ccccn4)c2)c2ccccc2C=C3)c1. The molecule has 3 heteroatoms. The van der Waals surface area contributed by atoms with Gasteiger partial charge in [0.15, 0.2) is 0 Å². The number of aromatic nitrogens is 2. The van der Waals surface area contributed by atoms with Crippen LogP contribution in [0.25, 0.3) is 34.7 Å². The number of pyridine rings is 2. The van der Waals surface area contributed by atoms with Crippen molar-refractivity contribution in [1.82, 2.24) is 9.97 Å². The van der Waals surface area contributed by atoms with E-state index in [0.29, 0.717) is 0 Å². The normalized spacial score (nSPS) is 12.6. The lowest BCUT2D eigenvalue weighted by Gasteiger charge is -2.28. The second-order valence-electron chi connectivity index (χ2n) is 10.4. The highest BCUT2D eigenvalue weighted by Gasteiger charge is 2.22. The number of fused-ring (bicyclic) bond motifs is 2. The van der Waals surface area contributed by atoms with Crippen molar-refractivity contribution in [3.63, 3.8) is 0 Å². The summed E-state index contributed by atoms with van der Waals surface area (Å²) in [5, 5.41) is 0. The van der Waals surface area contributed by atoms with Gasteiger partial charge in [0, 0.05) is 29.2 Å². The molecular formula is C34H29N3. The summed E-state index contributed by atoms with van der Waals surface area (Å²) < 4.78 is 0. The Morgan fingerprint density at radius 3 is 2.14 bits per heavy atom. The molecule has 1 aliphatic rings. The van der Waals surface area contributed by atoms with Gasteiger partial charge in [-0.1, -0.05) is 81.5 Å². The van der Waals surface area contributed by atoms with Gasteiger partial charge in [0.05, 0.1) is 22.8 Å². The molecule has 0 saturated carbocycles. The Morgan fingerprint density at radius 1 is 0.568 bits per heavy atom. The van der Waals surface area contributed by atoms with Crippen LogP contribution in [0.1, 0.15) is 37.5 Å². The van der Waals surface area contributed by atoms with Crippen LogP contribution in [0.15, 0.2) is 109 Å². The zero-order chi connectivity index (χ0) is 25.4. The van der Waals surface area contributed by atoms with E-state index in [1.165, 1.54) is 11.1 Å². The summed E-state index contributed by atoms with van der Waals surface area (Å²) in [5.74, 6) is 0. The van der Waals surface area contributed by atoms with Crippen molar-refractivity contribution in [2.24, 2.45) is 0 Å². The summed E-state index contributed by atoms with van der Waals surface area (Å²) in [6.45, 7) is 6.71. The number of hydrogen-bond acceptors (Lipinski definition) is 3. The van der Waals surface area contributed by atoms with Gasteiger partial charge in [-0.05, 0) is 70.6 Å². The number of nitrogens with zero attached hydrogens (tertiary/aromatic N) is 3. The topological polar surface area (TPSA) is 29.0 Å². The molecule has 3 heterocycles. The molecule has 0 aliphatic carbocycles. The van der Waals surface area contributed by atoms with Crippen LogP contribution in [0.2, 0.25) is 0 Å². The van der Waals surface area contributed by atoms with Crippen LogP contribution in [0.5, 0.6) is 0 Å². The second kappa shape index (κ2) is 9.18. The van der Waals surface area contributed by atoms with Gasteiger partial charge in [-0.15, -0.1) is 0 Å². The molecule has 2 aromatic heterocycles. The second-order valence-corrected chi connectivity index (χ2v) is 10.4. The fourth-order valence-corrected chi connectivity index (χ4v) is 4.85. The van der Waals surface area contributed by atoms with E-state index in [1.807, 2.05) is 24.5 Å². The van der Waals surface area contributed by atoms with E-state index in [0.717, 1.165) is 45.1 Å². The number of anilines is 3. The molecule has 0 amide bonds. The molecule has 5 aromatic rings. The predicted molar refractivity (Wildman–Crippen MR) is 155 cm³/mol. The lowest BCUT2D eigenvalue weighted by molar-refractivity contribution is 0.589. The van der Waals surface area contributed by atoms with Gasteiger partial charge in [0.25, 0.3) is 0 Å². The summed E-state index contributed by atoms with van der Waals surface area (Å²) in [6, 6.07) is 34.2. The van der Waals surface area contributed by atoms with Crippen LogP contribution < -0.4 is 4.90 Å². The molecule has 3 nitrogen and oxygen atoms in total. The molecule has 0 N–H and O–H groups in total. The predicted octanol–water partition coefficient (Wildman–Crippen LogP) is 9.06. The van der Waals surface area contributed by atoms with Gasteiger partial charge in [0.1, 0.15) is 0 Å². The average molecular weight is 480 g/mol. The Labute approximate surface area is 218 Å². The maximum Gasteiger partial charge on any atom is 0.0705 e. The minimum atomic E-state index is 0.0585. The number of benzene rings is 3. The Morgan fingerprint density at radius 2 is 1.32 bits per heavy atom. The fourth-order valence-electron chi connectivity index (χ4n) is 4.85. The largest absolute Gasteiger partial charge is 0.309 e. The van der Waals surface area contributed by atoms with Crippen LogP contribution in [0.4, 0.5) is 17.1 Å². The van der Waals surface area contributed by atoms with E-state index < -0.39 is 0 Å². The summed E-state index contributed by atoms with van der Waals surface area (Å²) in [5.41, 5.74) is 11.2. The van der Waals surface area contributed by atoms with Crippen molar-refractivity contribution < 1.29 is 0 Å². The van der Waals surface area contributed by atoms with Crippen LogP contribution >= 0.6 is 0 Å². The molecule has 37 heavy (non-hydrogen) atoms. The van der Waals surface area contributed by atoms with Gasteiger partial charge in [-0.25, -0.2) is 0 Å². The lowest BCUT2D eigenvalue weighted by atomic mass is 9.87. The summed E-state index contributed by atoms with van der Waals surface area (Å²) >= 11 is 0. The molecule has 0 unspecified atom stereocenters. The minimum Gasteiger partial charge on any atom is -0.309 e. The maximum absolute atomic E-state index is 4.75. The van der Waals surface area contributed by atoms with E-state index in [4.69, 9.17) is 4.98 Å². The highest BCUT2D eigenvalue weighted by atomic mass is 15.1. The third kappa shape index (κ3) is 4.45. The number of para-hydroxylation sites is 1. The molecule has 0 atom stereocenters. The first-order valence-corrected chi connectivity index (χ1v) is 12.7. The molecule has 0 fully saturated rings. The molecule has 3 aromatic carbocycles. The first-order chi connectivity index (χ1) is 18.0. The lowest BCUT2D eigenvalue weighted by Crippen LogP contribution is -2.12. The van der Waals surface area contributed by atoms with Crippen molar-refractivity contribution >= 4 is 29.2 Å². The highest BCUT2D eigenvalue weighted by Crippen LogP contribution is 2.44. The van der Waals surface area contributed by atoms with E-state index in [2.05, 4.69) is 128 Å². The van der Waals surface area contributed by atoms with E-state index >= 15 is 0 Å². The summed E-state index contributed by atoms with van der Waals surface area (Å²) in [7, 11) is 0. The van der Waals surface area contributed by atoms with Gasteiger partial charge >= 0.3 is 0 Å². The molecule has 0 saturated heterocycles. The standard InChI is InChI=1S/C34H29N3/c1-34(2,3)28-18-20-36-31(23-28)27-17-16-25-15-14-24-9-4-5-13-32(24)37(33(25)22-27)29-11-8-10-26(21-29)30-12-6-7-19-35-30/h4-23H,1-3H3. The van der Waals surface area contributed by atoms with E-state index in [9.17, 15) is 0 Å². The van der Waals surface area contributed by atoms with Gasteiger partial charge in [0.2, 0.25) is 0 Å². The molecule has 0 radical (unpaired) electrons. The Hall–Kier alpha value is -4.50. The highest BCUT2D eigenvalue weighted by molar-refractivity contribution is 5.95. The van der Waals surface area contributed by atoms with Crippen molar-refractivity contribution in [2.75, 3.05) is 4.90 Å². The molecule has 180 valence electrons. The van der Waals surface area contributed by atoms with Crippen LogP contribution in [-0.2, 0) is 5.41 Å². The van der Waals surface area contributed by atoms with Crippen molar-refractivity contribution in [3.05, 3.63) is 126 Å². The Kier molecular flexibility index (Phi) is 5.69. The van der Waals surface area contributed by atoms with E-state index in [1.54, 1.807) is 0 Å². The van der Waals surface area contributed by atoms with Gasteiger partial charge in [-0.3, -0.25) is 9.97 Å².